The Labute approximate surface area is 151 Å². The van der Waals surface area contributed by atoms with Crippen LogP contribution in [0.1, 0.15) is 31.4 Å². The second kappa shape index (κ2) is 6.19. The van der Waals surface area contributed by atoms with Crippen molar-refractivity contribution in [3.8, 4) is 0 Å². The third-order valence-electron chi connectivity index (χ3n) is 4.71. The van der Waals surface area contributed by atoms with E-state index in [1.165, 1.54) is 17.3 Å². The molecule has 0 N–H and O–H groups in total. The van der Waals surface area contributed by atoms with Gasteiger partial charge >= 0.3 is 6.18 Å². The number of halogens is 3. The molecule has 0 bridgehead atoms. The molecule has 26 heavy (non-hydrogen) atoms. The standard InChI is InChI=1S/C17H22F3NO4S/c1-12-4-5-13(17(18,19)20)8-14(12)26(22,23)21-9-15(2,3)25-16(10-21)6-7-24-11-16/h4-5,8H,6-7,9-11H2,1-3H3. The Morgan fingerprint density at radius 1 is 1.19 bits per heavy atom. The van der Waals surface area contributed by atoms with Crippen molar-refractivity contribution < 1.29 is 31.1 Å². The highest BCUT2D eigenvalue weighted by molar-refractivity contribution is 7.89. The molecule has 1 aromatic rings. The molecule has 0 amide bonds. The lowest BCUT2D eigenvalue weighted by Gasteiger charge is -2.47. The van der Waals surface area contributed by atoms with E-state index >= 15 is 0 Å². The van der Waals surface area contributed by atoms with Crippen molar-refractivity contribution >= 4 is 10.0 Å². The first kappa shape index (κ1) is 19.6. The van der Waals surface area contributed by atoms with E-state index in [0.29, 0.717) is 19.1 Å². The monoisotopic (exact) mass is 393 g/mol. The molecule has 2 aliphatic rings. The summed E-state index contributed by atoms with van der Waals surface area (Å²) >= 11 is 0. The summed E-state index contributed by atoms with van der Waals surface area (Å²) in [7, 11) is -4.11. The third-order valence-corrected chi connectivity index (χ3v) is 6.65. The van der Waals surface area contributed by atoms with Crippen molar-refractivity contribution in [2.75, 3.05) is 26.3 Å². The van der Waals surface area contributed by atoms with Gasteiger partial charge < -0.3 is 9.47 Å². The van der Waals surface area contributed by atoms with Crippen LogP contribution in [-0.4, -0.2) is 50.2 Å². The van der Waals surface area contributed by atoms with E-state index < -0.39 is 33.0 Å². The maximum absolute atomic E-state index is 13.2. The van der Waals surface area contributed by atoms with Crippen molar-refractivity contribution in [1.82, 2.24) is 4.31 Å². The molecular formula is C17H22F3NO4S. The summed E-state index contributed by atoms with van der Waals surface area (Å²) in [4.78, 5) is -0.320. The fraction of sp³-hybridized carbons (Fsp3) is 0.647. The van der Waals surface area contributed by atoms with E-state index in [2.05, 4.69) is 0 Å². The van der Waals surface area contributed by atoms with Crippen LogP contribution in [-0.2, 0) is 25.7 Å². The van der Waals surface area contributed by atoms with Crippen molar-refractivity contribution in [2.45, 2.75) is 49.5 Å². The Hall–Kier alpha value is -1.16. The number of hydrogen-bond acceptors (Lipinski definition) is 4. The lowest BCUT2D eigenvalue weighted by molar-refractivity contribution is -0.180. The van der Waals surface area contributed by atoms with Crippen LogP contribution in [0.2, 0.25) is 0 Å². The number of sulfonamides is 1. The normalized spacial score (nSPS) is 27.2. The second-order valence-corrected chi connectivity index (χ2v) is 9.50. The zero-order valence-electron chi connectivity index (χ0n) is 14.9. The maximum Gasteiger partial charge on any atom is 0.416 e. The lowest BCUT2D eigenvalue weighted by Crippen LogP contribution is -2.61. The lowest BCUT2D eigenvalue weighted by atomic mass is 9.97. The van der Waals surface area contributed by atoms with Gasteiger partial charge in [-0.1, -0.05) is 6.07 Å². The SMILES string of the molecule is Cc1ccc(C(F)(F)F)cc1S(=O)(=O)N1CC(C)(C)OC2(CCOC2)C1. The first-order chi connectivity index (χ1) is 11.8. The van der Waals surface area contributed by atoms with E-state index in [1.807, 2.05) is 0 Å². The average Bonchev–Trinajstić information content (AvgIpc) is 2.91. The van der Waals surface area contributed by atoms with Crippen molar-refractivity contribution in [1.29, 1.82) is 0 Å². The van der Waals surface area contributed by atoms with Crippen LogP contribution >= 0.6 is 0 Å². The van der Waals surface area contributed by atoms with Gasteiger partial charge in [-0.2, -0.15) is 17.5 Å². The van der Waals surface area contributed by atoms with Gasteiger partial charge in [-0.15, -0.1) is 0 Å². The molecule has 3 rings (SSSR count). The predicted molar refractivity (Wildman–Crippen MR) is 88.3 cm³/mol. The number of ether oxygens (including phenoxy) is 2. The Morgan fingerprint density at radius 2 is 1.88 bits per heavy atom. The smallest absolute Gasteiger partial charge is 0.378 e. The molecule has 2 aliphatic heterocycles. The average molecular weight is 393 g/mol. The molecule has 2 fully saturated rings. The highest BCUT2D eigenvalue weighted by Gasteiger charge is 2.50. The van der Waals surface area contributed by atoms with Crippen molar-refractivity contribution in [3.63, 3.8) is 0 Å². The van der Waals surface area contributed by atoms with Gasteiger partial charge in [0, 0.05) is 26.1 Å². The Kier molecular flexibility index (Phi) is 4.66. The summed E-state index contributed by atoms with van der Waals surface area (Å²) in [6, 6.07) is 2.80. The minimum Gasteiger partial charge on any atom is -0.378 e. The van der Waals surface area contributed by atoms with Crippen LogP contribution in [0.25, 0.3) is 0 Å². The van der Waals surface area contributed by atoms with Crippen LogP contribution < -0.4 is 0 Å². The van der Waals surface area contributed by atoms with E-state index in [9.17, 15) is 21.6 Å². The third kappa shape index (κ3) is 3.62. The quantitative estimate of drug-likeness (QED) is 0.775. The van der Waals surface area contributed by atoms with E-state index in [1.54, 1.807) is 13.8 Å². The zero-order chi connectivity index (χ0) is 19.4. The van der Waals surface area contributed by atoms with E-state index in [-0.39, 0.29) is 30.2 Å². The van der Waals surface area contributed by atoms with Gasteiger partial charge in [0.2, 0.25) is 10.0 Å². The number of aryl methyl sites for hydroxylation is 1. The number of nitrogens with zero attached hydrogens (tertiary/aromatic N) is 1. The minimum atomic E-state index is -4.61. The zero-order valence-corrected chi connectivity index (χ0v) is 15.7. The van der Waals surface area contributed by atoms with Gasteiger partial charge in [0.1, 0.15) is 5.60 Å². The summed E-state index contributed by atoms with van der Waals surface area (Å²) in [5.41, 5.74) is -2.23. The Bertz CT molecular complexity index is 799. The topological polar surface area (TPSA) is 55.8 Å². The molecule has 1 aromatic carbocycles. The Morgan fingerprint density at radius 3 is 2.46 bits per heavy atom. The molecule has 0 saturated carbocycles. The molecule has 0 radical (unpaired) electrons. The van der Waals surface area contributed by atoms with Gasteiger partial charge in [0.05, 0.1) is 22.7 Å². The minimum absolute atomic E-state index is 0.0623. The number of benzene rings is 1. The van der Waals surface area contributed by atoms with Crippen molar-refractivity contribution in [2.24, 2.45) is 0 Å². The van der Waals surface area contributed by atoms with Crippen LogP contribution in [0.4, 0.5) is 13.2 Å². The molecule has 5 nitrogen and oxygen atoms in total. The fourth-order valence-corrected chi connectivity index (χ4v) is 5.52. The molecule has 1 atom stereocenters. The van der Waals surface area contributed by atoms with Crippen molar-refractivity contribution in [3.05, 3.63) is 29.3 Å². The van der Waals surface area contributed by atoms with Gasteiger partial charge in [-0.25, -0.2) is 8.42 Å². The van der Waals surface area contributed by atoms with Gasteiger partial charge in [0.15, 0.2) is 0 Å². The number of rotatable bonds is 2. The van der Waals surface area contributed by atoms with Gasteiger partial charge in [-0.05, 0) is 38.5 Å². The number of morpholine rings is 1. The first-order valence-corrected chi connectivity index (χ1v) is 9.75. The van der Waals surface area contributed by atoms with Gasteiger partial charge in [-0.3, -0.25) is 0 Å². The summed E-state index contributed by atoms with van der Waals surface area (Å²) in [6.45, 7) is 5.90. The summed E-state index contributed by atoms with van der Waals surface area (Å²) in [6.07, 6.45) is -4.06. The van der Waals surface area contributed by atoms with E-state index in [0.717, 1.165) is 6.07 Å². The fourth-order valence-electron chi connectivity index (χ4n) is 3.61. The number of hydrogen-bond donors (Lipinski definition) is 0. The first-order valence-electron chi connectivity index (χ1n) is 8.31. The van der Waals surface area contributed by atoms with Crippen LogP contribution in [0.5, 0.6) is 0 Å². The Balaban J connectivity index is 2.02. The van der Waals surface area contributed by atoms with Crippen LogP contribution in [0, 0.1) is 6.92 Å². The van der Waals surface area contributed by atoms with Crippen LogP contribution in [0.3, 0.4) is 0 Å². The molecular weight excluding hydrogens is 371 g/mol. The largest absolute Gasteiger partial charge is 0.416 e. The summed E-state index contributed by atoms with van der Waals surface area (Å²) < 4.78 is 78.2. The summed E-state index contributed by atoms with van der Waals surface area (Å²) in [5, 5.41) is 0. The predicted octanol–water partition coefficient (Wildman–Crippen LogP) is 2.97. The van der Waals surface area contributed by atoms with Gasteiger partial charge in [0.25, 0.3) is 0 Å². The highest BCUT2D eigenvalue weighted by Crippen LogP contribution is 2.38. The molecule has 2 heterocycles. The molecule has 1 spiro atoms. The second-order valence-electron chi connectivity index (χ2n) is 7.60. The molecule has 2 saturated heterocycles. The van der Waals surface area contributed by atoms with E-state index in [4.69, 9.17) is 9.47 Å². The molecule has 0 aliphatic carbocycles. The molecule has 1 unspecified atom stereocenters. The molecule has 146 valence electrons. The highest BCUT2D eigenvalue weighted by atomic mass is 32.2. The van der Waals surface area contributed by atoms with Crippen LogP contribution in [0.15, 0.2) is 23.1 Å². The maximum atomic E-state index is 13.2. The summed E-state index contributed by atoms with van der Waals surface area (Å²) in [5.74, 6) is 0. The molecule has 9 heteroatoms. The number of alkyl halides is 3. The molecule has 0 aromatic heterocycles.